The Morgan fingerprint density at radius 3 is 3.25 bits per heavy atom. The summed E-state index contributed by atoms with van der Waals surface area (Å²) >= 11 is 7.82. The second-order valence-electron chi connectivity index (χ2n) is 5.30. The first-order valence-electron chi connectivity index (χ1n) is 7.31. The Labute approximate surface area is 128 Å². The molecule has 1 saturated heterocycles. The molecular weight excluding hydrogens is 290 g/mol. The molecule has 0 saturated carbocycles. The van der Waals surface area contributed by atoms with E-state index in [2.05, 4.69) is 17.1 Å². The standard InChI is InChI=1S/C15H20ClN3S/c1-2-3-4-12-10-17-7-8-19(12)15-18-13-6-5-11(16)9-14(13)20-15/h5-6,9,12,17H,2-4,7-8,10H2,1H3/t12-/m0/s1. The van der Waals surface area contributed by atoms with Crippen LogP contribution in [0.4, 0.5) is 5.13 Å². The Morgan fingerprint density at radius 2 is 2.40 bits per heavy atom. The van der Waals surface area contributed by atoms with Crippen molar-refractivity contribution in [1.29, 1.82) is 0 Å². The summed E-state index contributed by atoms with van der Waals surface area (Å²) in [4.78, 5) is 7.27. The first-order chi connectivity index (χ1) is 9.78. The predicted molar refractivity (Wildman–Crippen MR) is 88.2 cm³/mol. The summed E-state index contributed by atoms with van der Waals surface area (Å²) in [5.74, 6) is 0. The van der Waals surface area contributed by atoms with Gasteiger partial charge in [-0.3, -0.25) is 0 Å². The largest absolute Gasteiger partial charge is 0.343 e. The highest BCUT2D eigenvalue weighted by Crippen LogP contribution is 2.32. The molecule has 1 aromatic heterocycles. The molecule has 1 aromatic carbocycles. The SMILES string of the molecule is CCCC[C@H]1CNCCN1c1nc2ccc(Cl)cc2s1. The molecule has 1 aliphatic rings. The quantitative estimate of drug-likeness (QED) is 0.928. The summed E-state index contributed by atoms with van der Waals surface area (Å²) in [5, 5.41) is 5.43. The molecule has 5 heteroatoms. The summed E-state index contributed by atoms with van der Waals surface area (Å²) < 4.78 is 1.18. The minimum absolute atomic E-state index is 0.569. The van der Waals surface area contributed by atoms with E-state index in [1.54, 1.807) is 11.3 Å². The molecule has 1 fully saturated rings. The van der Waals surface area contributed by atoms with Crippen LogP contribution in [0.3, 0.4) is 0 Å². The van der Waals surface area contributed by atoms with E-state index in [1.165, 1.54) is 24.0 Å². The number of hydrogen-bond acceptors (Lipinski definition) is 4. The third-order valence-electron chi connectivity index (χ3n) is 3.83. The van der Waals surface area contributed by atoms with Gasteiger partial charge in [0.25, 0.3) is 0 Å². The average molecular weight is 310 g/mol. The third kappa shape index (κ3) is 2.92. The molecule has 1 aliphatic heterocycles. The normalized spacial score (nSPS) is 19.7. The van der Waals surface area contributed by atoms with Crippen molar-refractivity contribution in [2.45, 2.75) is 32.2 Å². The molecule has 0 aliphatic carbocycles. The van der Waals surface area contributed by atoms with E-state index < -0.39 is 0 Å². The number of nitrogens with zero attached hydrogens (tertiary/aromatic N) is 2. The van der Waals surface area contributed by atoms with Crippen LogP contribution in [-0.2, 0) is 0 Å². The molecule has 0 unspecified atom stereocenters. The average Bonchev–Trinajstić information content (AvgIpc) is 2.88. The van der Waals surface area contributed by atoms with Crippen LogP contribution in [0.25, 0.3) is 10.2 Å². The van der Waals surface area contributed by atoms with Gasteiger partial charge in [-0.15, -0.1) is 0 Å². The Bertz CT molecular complexity index is 584. The van der Waals surface area contributed by atoms with Crippen LogP contribution in [0.15, 0.2) is 18.2 Å². The fourth-order valence-electron chi connectivity index (χ4n) is 2.72. The lowest BCUT2D eigenvalue weighted by Crippen LogP contribution is -2.51. The highest BCUT2D eigenvalue weighted by Gasteiger charge is 2.24. The van der Waals surface area contributed by atoms with Crippen molar-refractivity contribution in [2.75, 3.05) is 24.5 Å². The molecule has 3 nitrogen and oxygen atoms in total. The van der Waals surface area contributed by atoms with Crippen LogP contribution >= 0.6 is 22.9 Å². The van der Waals surface area contributed by atoms with Gasteiger partial charge in [-0.2, -0.15) is 0 Å². The maximum Gasteiger partial charge on any atom is 0.186 e. The van der Waals surface area contributed by atoms with E-state index in [9.17, 15) is 0 Å². The van der Waals surface area contributed by atoms with Crippen molar-refractivity contribution in [1.82, 2.24) is 10.3 Å². The molecule has 0 spiro atoms. The second-order valence-corrected chi connectivity index (χ2v) is 6.75. The number of rotatable bonds is 4. The number of fused-ring (bicyclic) bond motifs is 1. The summed E-state index contributed by atoms with van der Waals surface area (Å²) in [5.41, 5.74) is 1.06. The molecule has 0 radical (unpaired) electrons. The van der Waals surface area contributed by atoms with Gasteiger partial charge in [0.1, 0.15) is 0 Å². The van der Waals surface area contributed by atoms with Crippen molar-refractivity contribution in [3.8, 4) is 0 Å². The van der Waals surface area contributed by atoms with Crippen molar-refractivity contribution in [3.05, 3.63) is 23.2 Å². The fraction of sp³-hybridized carbons (Fsp3) is 0.533. The Morgan fingerprint density at radius 1 is 1.50 bits per heavy atom. The number of halogens is 1. The van der Waals surface area contributed by atoms with Crippen LogP contribution in [0.1, 0.15) is 26.2 Å². The number of thiazole rings is 1. The van der Waals surface area contributed by atoms with E-state index in [4.69, 9.17) is 16.6 Å². The number of anilines is 1. The van der Waals surface area contributed by atoms with E-state index in [0.29, 0.717) is 6.04 Å². The van der Waals surface area contributed by atoms with Gasteiger partial charge < -0.3 is 10.2 Å². The first kappa shape index (κ1) is 14.1. The maximum absolute atomic E-state index is 6.07. The topological polar surface area (TPSA) is 28.2 Å². The zero-order valence-corrected chi connectivity index (χ0v) is 13.3. The lowest BCUT2D eigenvalue weighted by molar-refractivity contribution is 0.443. The van der Waals surface area contributed by atoms with Gasteiger partial charge in [0.15, 0.2) is 5.13 Å². The molecule has 1 atom stereocenters. The molecule has 3 rings (SSSR count). The van der Waals surface area contributed by atoms with E-state index in [1.807, 2.05) is 18.2 Å². The Balaban J connectivity index is 1.86. The third-order valence-corrected chi connectivity index (χ3v) is 5.12. The van der Waals surface area contributed by atoms with Gasteiger partial charge in [0, 0.05) is 30.7 Å². The Kier molecular flexibility index (Phi) is 4.44. The van der Waals surface area contributed by atoms with Gasteiger partial charge in [-0.25, -0.2) is 4.98 Å². The van der Waals surface area contributed by atoms with Crippen molar-refractivity contribution in [2.24, 2.45) is 0 Å². The Hall–Kier alpha value is -0.840. The monoisotopic (exact) mass is 309 g/mol. The van der Waals surface area contributed by atoms with E-state index >= 15 is 0 Å². The van der Waals surface area contributed by atoms with E-state index in [0.717, 1.165) is 35.3 Å². The molecular formula is C15H20ClN3S. The van der Waals surface area contributed by atoms with Crippen molar-refractivity contribution < 1.29 is 0 Å². The number of aromatic nitrogens is 1. The summed E-state index contributed by atoms with van der Waals surface area (Å²) in [6.07, 6.45) is 3.76. The molecule has 1 N–H and O–H groups in total. The van der Waals surface area contributed by atoms with Crippen LogP contribution in [-0.4, -0.2) is 30.7 Å². The zero-order valence-electron chi connectivity index (χ0n) is 11.7. The highest BCUT2D eigenvalue weighted by atomic mass is 35.5. The molecule has 0 bridgehead atoms. The molecule has 2 aromatic rings. The predicted octanol–water partition coefficient (Wildman–Crippen LogP) is 3.92. The van der Waals surface area contributed by atoms with Gasteiger partial charge in [-0.1, -0.05) is 42.7 Å². The van der Waals surface area contributed by atoms with Gasteiger partial charge >= 0.3 is 0 Å². The number of benzene rings is 1. The number of piperazine rings is 1. The maximum atomic E-state index is 6.07. The minimum Gasteiger partial charge on any atom is -0.343 e. The lowest BCUT2D eigenvalue weighted by atomic mass is 10.1. The first-order valence-corrected chi connectivity index (χ1v) is 8.51. The number of unbranched alkanes of at least 4 members (excludes halogenated alkanes) is 1. The summed E-state index contributed by atoms with van der Waals surface area (Å²) in [6.45, 7) is 5.40. The van der Waals surface area contributed by atoms with Crippen molar-refractivity contribution in [3.63, 3.8) is 0 Å². The fourth-order valence-corrected chi connectivity index (χ4v) is 4.06. The van der Waals surface area contributed by atoms with Crippen LogP contribution in [0, 0.1) is 0 Å². The number of nitrogens with one attached hydrogen (secondary N) is 1. The van der Waals surface area contributed by atoms with Crippen molar-refractivity contribution >= 4 is 38.3 Å². The van der Waals surface area contributed by atoms with Crippen LogP contribution in [0.2, 0.25) is 5.02 Å². The zero-order chi connectivity index (χ0) is 13.9. The van der Waals surface area contributed by atoms with Crippen LogP contribution < -0.4 is 10.2 Å². The molecule has 108 valence electrons. The number of hydrogen-bond donors (Lipinski definition) is 1. The van der Waals surface area contributed by atoms with E-state index in [-0.39, 0.29) is 0 Å². The molecule has 2 heterocycles. The van der Waals surface area contributed by atoms with Gasteiger partial charge in [-0.05, 0) is 24.6 Å². The summed E-state index contributed by atoms with van der Waals surface area (Å²) in [6, 6.07) is 6.52. The summed E-state index contributed by atoms with van der Waals surface area (Å²) in [7, 11) is 0. The van der Waals surface area contributed by atoms with Crippen LogP contribution in [0.5, 0.6) is 0 Å². The lowest BCUT2D eigenvalue weighted by Gasteiger charge is -2.36. The smallest absolute Gasteiger partial charge is 0.186 e. The minimum atomic E-state index is 0.569. The van der Waals surface area contributed by atoms with Gasteiger partial charge in [0.05, 0.1) is 10.2 Å². The highest BCUT2D eigenvalue weighted by molar-refractivity contribution is 7.22. The van der Waals surface area contributed by atoms with Gasteiger partial charge in [0.2, 0.25) is 0 Å². The molecule has 0 amide bonds. The second kappa shape index (κ2) is 6.29. The molecule has 20 heavy (non-hydrogen) atoms.